The van der Waals surface area contributed by atoms with Gasteiger partial charge in [-0.3, -0.25) is 28.8 Å². The molecule has 6 atom stereocenters. The fraction of sp³-hybridized carbons (Fsp3) is 0.750. The number of likely N-dealkylation sites (tertiary alicyclic amines) is 1. The molecule has 0 spiro atoms. The summed E-state index contributed by atoms with van der Waals surface area (Å²) in [5.74, 6) is -1.91. The van der Waals surface area contributed by atoms with Crippen molar-refractivity contribution in [3.05, 3.63) is 23.3 Å². The molecule has 8 rings (SSSR count). The van der Waals surface area contributed by atoms with Crippen LogP contribution in [0, 0.1) is 28.6 Å². The first kappa shape index (κ1) is 47.1. The van der Waals surface area contributed by atoms with E-state index in [1.807, 2.05) is 39.8 Å². The summed E-state index contributed by atoms with van der Waals surface area (Å²) in [5.41, 5.74) is -0.244. The van der Waals surface area contributed by atoms with Crippen LogP contribution in [0.3, 0.4) is 0 Å². The lowest BCUT2D eigenvalue weighted by molar-refractivity contribution is -0.146. The van der Waals surface area contributed by atoms with E-state index in [9.17, 15) is 32.4 Å². The molecule has 0 bridgehead atoms. The van der Waals surface area contributed by atoms with Crippen molar-refractivity contribution in [1.29, 1.82) is 0 Å². The third-order valence-corrected chi connectivity index (χ3v) is 17.0. The molecule has 4 aliphatic carbocycles. The number of carbonyl (C=O) groups excluding carboxylic acids is 6. The summed E-state index contributed by atoms with van der Waals surface area (Å²) < 4.78 is 51.7. The number of hydrogen-bond donors (Lipinski definition) is 2. The highest BCUT2D eigenvalue weighted by Crippen LogP contribution is 2.58. The second-order valence-corrected chi connectivity index (χ2v) is 22.9. The molecule has 3 heterocycles. The number of carbonyl (C=O) groups is 6. The Labute approximate surface area is 383 Å². The molecular weight excluding hydrogens is 857 g/mol. The Kier molecular flexibility index (Phi) is 13.8. The first-order valence-corrected chi connectivity index (χ1v) is 25.8. The van der Waals surface area contributed by atoms with E-state index < -0.39 is 80.0 Å². The Morgan fingerprint density at radius 1 is 0.846 bits per heavy atom. The quantitative estimate of drug-likeness (QED) is 0.194. The first-order chi connectivity index (χ1) is 31.0. The van der Waals surface area contributed by atoms with Crippen molar-refractivity contribution >= 4 is 45.6 Å². The lowest BCUT2D eigenvalue weighted by Crippen LogP contribution is -2.51. The van der Waals surface area contributed by atoms with Gasteiger partial charge < -0.3 is 29.2 Å². The summed E-state index contributed by atoms with van der Waals surface area (Å²) in [5, 5.41) is 2.29. The van der Waals surface area contributed by atoms with Gasteiger partial charge in [0.05, 0.1) is 42.5 Å². The van der Waals surface area contributed by atoms with Crippen LogP contribution in [0.25, 0.3) is 0 Å². The standard InChI is InChI=1S/C48H68N4O12S/c1-5-32-24-48(32,44(56)50-65(59,60)35-16-17-35)25-39(54)37-22-34(64-46(58)51-26-30-20-40-41(21-31(30)27-51)62-19-11-18-61-40)28-52(37)43(55)36(47(2,3)4)23-38(53)42(29-12-7-6-8-13-29)49-45(57)63-33-14-9-10-15-33/h20-21,29,32-37,42H,5-19,22-28H2,1-4H3,(H,49,57)(H,50,56)/t32-,34+,36+,37?,42-,48-/m0/s1. The van der Waals surface area contributed by atoms with Gasteiger partial charge in [0.1, 0.15) is 12.2 Å². The normalized spacial score (nSPS) is 26.7. The van der Waals surface area contributed by atoms with Crippen molar-refractivity contribution in [3.8, 4) is 11.5 Å². The summed E-state index contributed by atoms with van der Waals surface area (Å²) in [6.07, 6.45) is 7.64. The zero-order chi connectivity index (χ0) is 46.3. The number of hydrogen-bond acceptors (Lipinski definition) is 12. The van der Waals surface area contributed by atoms with Gasteiger partial charge in [-0.15, -0.1) is 0 Å². The third-order valence-electron chi connectivity index (χ3n) is 15.2. The summed E-state index contributed by atoms with van der Waals surface area (Å²) in [6, 6.07) is 1.81. The van der Waals surface area contributed by atoms with Crippen molar-refractivity contribution in [3.63, 3.8) is 0 Å². The third kappa shape index (κ3) is 10.6. The minimum absolute atomic E-state index is 0.0357. The summed E-state index contributed by atoms with van der Waals surface area (Å²) in [6.45, 7) is 8.93. The molecule has 1 aromatic rings. The lowest BCUT2D eigenvalue weighted by atomic mass is 9.74. The Morgan fingerprint density at radius 2 is 1.48 bits per heavy atom. The average Bonchev–Trinajstić information content (AvgIpc) is 4.11. The van der Waals surface area contributed by atoms with E-state index >= 15 is 4.79 Å². The highest BCUT2D eigenvalue weighted by molar-refractivity contribution is 7.90. The fourth-order valence-corrected chi connectivity index (χ4v) is 12.4. The van der Waals surface area contributed by atoms with Gasteiger partial charge >= 0.3 is 12.2 Å². The number of rotatable bonds is 15. The summed E-state index contributed by atoms with van der Waals surface area (Å²) in [4.78, 5) is 88.4. The van der Waals surface area contributed by atoms with E-state index in [0.29, 0.717) is 50.4 Å². The SMILES string of the molecule is CC[C@H]1C[C@@]1(CC(=O)C1C[C@@H](OC(=O)N2Cc3cc4c(cc3C2)OCCCO4)CN1C(=O)[C@@H](CC(=O)[C@@H](NC(=O)OC1CCCC1)C1CCCCC1)C(C)(C)C)C(=O)NS(=O)(=O)C1CC1. The first-order valence-electron chi connectivity index (χ1n) is 24.2. The van der Waals surface area contributed by atoms with Crippen LogP contribution >= 0.6 is 0 Å². The molecule has 5 fully saturated rings. The van der Waals surface area contributed by atoms with Gasteiger partial charge in [-0.25, -0.2) is 18.0 Å². The monoisotopic (exact) mass is 924 g/mol. The molecule has 7 aliphatic rings. The second kappa shape index (κ2) is 19.1. The minimum atomic E-state index is -3.88. The molecule has 1 aromatic carbocycles. The van der Waals surface area contributed by atoms with Crippen LogP contribution in [0.15, 0.2) is 12.1 Å². The molecule has 3 aliphatic heterocycles. The molecule has 17 heteroatoms. The molecule has 65 heavy (non-hydrogen) atoms. The van der Waals surface area contributed by atoms with Crippen LogP contribution in [0.4, 0.5) is 9.59 Å². The van der Waals surface area contributed by atoms with Gasteiger partial charge in [-0.2, -0.15) is 0 Å². The Balaban J connectivity index is 1.02. The molecule has 16 nitrogen and oxygen atoms in total. The molecular formula is C48H68N4O12S. The number of benzene rings is 1. The maximum absolute atomic E-state index is 15.2. The minimum Gasteiger partial charge on any atom is -0.490 e. The molecule has 4 amide bonds. The molecule has 4 saturated carbocycles. The van der Waals surface area contributed by atoms with E-state index in [2.05, 4.69) is 10.0 Å². The van der Waals surface area contributed by atoms with Gasteiger partial charge in [0.15, 0.2) is 23.1 Å². The van der Waals surface area contributed by atoms with E-state index in [4.69, 9.17) is 18.9 Å². The van der Waals surface area contributed by atoms with Gasteiger partial charge in [0.2, 0.25) is 21.8 Å². The molecule has 2 N–H and O–H groups in total. The molecule has 0 aromatic heterocycles. The summed E-state index contributed by atoms with van der Waals surface area (Å²) >= 11 is 0. The van der Waals surface area contributed by atoms with Crippen LogP contribution in [-0.4, -0.2) is 103 Å². The van der Waals surface area contributed by atoms with Crippen molar-refractivity contribution in [1.82, 2.24) is 19.8 Å². The summed E-state index contributed by atoms with van der Waals surface area (Å²) in [7, 11) is -3.88. The van der Waals surface area contributed by atoms with Crippen LogP contribution in [0.1, 0.15) is 148 Å². The number of ether oxygens (including phenoxy) is 4. The highest BCUT2D eigenvalue weighted by atomic mass is 32.2. The largest absolute Gasteiger partial charge is 0.490 e. The molecule has 0 radical (unpaired) electrons. The number of sulfonamides is 1. The maximum Gasteiger partial charge on any atom is 0.410 e. The van der Waals surface area contributed by atoms with Gasteiger partial charge in [0.25, 0.3) is 0 Å². The Bertz CT molecular complexity index is 2090. The predicted octanol–water partition coefficient (Wildman–Crippen LogP) is 6.49. The van der Waals surface area contributed by atoms with E-state index in [0.717, 1.165) is 75.3 Å². The van der Waals surface area contributed by atoms with Crippen molar-refractivity contribution < 1.29 is 56.1 Å². The van der Waals surface area contributed by atoms with Gasteiger partial charge in [0, 0.05) is 44.7 Å². The Morgan fingerprint density at radius 3 is 2.06 bits per heavy atom. The van der Waals surface area contributed by atoms with E-state index in [1.54, 1.807) is 4.90 Å². The zero-order valence-electron chi connectivity index (χ0n) is 38.5. The highest BCUT2D eigenvalue weighted by Gasteiger charge is 2.62. The predicted molar refractivity (Wildman–Crippen MR) is 237 cm³/mol. The number of amides is 4. The smallest absolute Gasteiger partial charge is 0.410 e. The van der Waals surface area contributed by atoms with Gasteiger partial charge in [-0.05, 0) is 98.3 Å². The lowest BCUT2D eigenvalue weighted by Gasteiger charge is -2.36. The van der Waals surface area contributed by atoms with Crippen LogP contribution in [0.2, 0.25) is 0 Å². The van der Waals surface area contributed by atoms with Crippen molar-refractivity contribution in [2.75, 3.05) is 19.8 Å². The van der Waals surface area contributed by atoms with Gasteiger partial charge in [-0.1, -0.05) is 53.4 Å². The fourth-order valence-electron chi connectivity index (χ4n) is 11.0. The van der Waals surface area contributed by atoms with Crippen molar-refractivity contribution in [2.24, 2.45) is 28.6 Å². The maximum atomic E-state index is 15.2. The van der Waals surface area contributed by atoms with Crippen LogP contribution < -0.4 is 19.5 Å². The Hall–Kier alpha value is -4.41. The number of ketones is 2. The van der Waals surface area contributed by atoms with Crippen LogP contribution in [0.5, 0.6) is 11.5 Å². The number of fused-ring (bicyclic) bond motifs is 2. The van der Waals surface area contributed by atoms with E-state index in [-0.39, 0.29) is 62.6 Å². The van der Waals surface area contributed by atoms with Crippen LogP contribution in [-0.2, 0) is 51.8 Å². The number of nitrogens with zero attached hydrogens (tertiary/aromatic N) is 2. The number of alkyl carbamates (subject to hydrolysis) is 1. The topological polar surface area (TPSA) is 204 Å². The molecule has 1 unspecified atom stereocenters. The van der Waals surface area contributed by atoms with E-state index in [1.165, 1.54) is 4.90 Å². The average molecular weight is 925 g/mol. The zero-order valence-corrected chi connectivity index (χ0v) is 39.3. The molecule has 358 valence electrons. The second-order valence-electron chi connectivity index (χ2n) is 20.9. The molecule has 1 saturated heterocycles. The van der Waals surface area contributed by atoms with Crippen molar-refractivity contribution in [2.45, 2.75) is 179 Å². The number of Topliss-reactive ketones (excluding diaryl/α,β-unsaturated/α-hetero) is 2. The number of nitrogens with one attached hydrogen (secondary N) is 2.